The molecule has 0 aromatic carbocycles. The molecule has 0 atom stereocenters. The number of hydrogen-bond donors (Lipinski definition) is 1. The SMILES string of the molecule is CC(C)(CCc1cncc(F)c1)NC(=O)CCl. The summed E-state index contributed by atoms with van der Waals surface area (Å²) in [5, 5.41) is 2.81. The lowest BCUT2D eigenvalue weighted by molar-refractivity contribution is -0.120. The molecule has 1 rings (SSSR count). The number of carbonyl (C=O) groups excluding carboxylic acids is 1. The van der Waals surface area contributed by atoms with Crippen LogP contribution in [0.15, 0.2) is 18.5 Å². The summed E-state index contributed by atoms with van der Waals surface area (Å²) < 4.78 is 12.9. The molecular weight excluding hydrogens is 243 g/mol. The molecule has 0 aliphatic heterocycles. The highest BCUT2D eigenvalue weighted by atomic mass is 35.5. The van der Waals surface area contributed by atoms with Crippen molar-refractivity contribution >= 4 is 17.5 Å². The molecule has 1 aromatic rings. The van der Waals surface area contributed by atoms with E-state index in [1.807, 2.05) is 13.8 Å². The number of aryl methyl sites for hydroxylation is 1. The molecule has 0 radical (unpaired) electrons. The zero-order valence-electron chi connectivity index (χ0n) is 9.96. The van der Waals surface area contributed by atoms with Crippen molar-refractivity contribution in [1.82, 2.24) is 10.3 Å². The normalized spacial score (nSPS) is 11.3. The summed E-state index contributed by atoms with van der Waals surface area (Å²) in [4.78, 5) is 15.0. The van der Waals surface area contributed by atoms with Crippen LogP contribution >= 0.6 is 11.6 Å². The summed E-state index contributed by atoms with van der Waals surface area (Å²) in [6.45, 7) is 3.81. The number of rotatable bonds is 5. The highest BCUT2D eigenvalue weighted by Crippen LogP contribution is 2.13. The molecule has 0 saturated carbocycles. The highest BCUT2D eigenvalue weighted by molar-refractivity contribution is 6.27. The van der Waals surface area contributed by atoms with Gasteiger partial charge < -0.3 is 5.32 Å². The minimum atomic E-state index is -0.363. The van der Waals surface area contributed by atoms with Gasteiger partial charge in [-0.25, -0.2) is 4.39 Å². The molecule has 0 saturated heterocycles. The maximum absolute atomic E-state index is 12.9. The Bertz CT molecular complexity index is 396. The van der Waals surface area contributed by atoms with E-state index in [2.05, 4.69) is 10.3 Å². The van der Waals surface area contributed by atoms with Crippen molar-refractivity contribution in [3.63, 3.8) is 0 Å². The summed E-state index contributed by atoms with van der Waals surface area (Å²) in [6.07, 6.45) is 4.15. The largest absolute Gasteiger partial charge is 0.350 e. The number of halogens is 2. The number of pyridine rings is 1. The first-order chi connectivity index (χ1) is 7.93. The van der Waals surface area contributed by atoms with E-state index >= 15 is 0 Å². The predicted molar refractivity (Wildman–Crippen MR) is 65.5 cm³/mol. The summed E-state index contributed by atoms with van der Waals surface area (Å²) in [6, 6.07) is 1.45. The molecule has 0 unspecified atom stereocenters. The third kappa shape index (κ3) is 5.13. The third-order valence-corrected chi connectivity index (χ3v) is 2.64. The van der Waals surface area contributed by atoms with Crippen LogP contribution in [-0.4, -0.2) is 22.3 Å². The minimum Gasteiger partial charge on any atom is -0.350 e. The first kappa shape index (κ1) is 13.9. The first-order valence-electron chi connectivity index (χ1n) is 5.39. The quantitative estimate of drug-likeness (QED) is 0.824. The Kier molecular flexibility index (Phi) is 4.87. The van der Waals surface area contributed by atoms with Crippen LogP contribution in [0.4, 0.5) is 4.39 Å². The van der Waals surface area contributed by atoms with E-state index in [1.54, 1.807) is 6.20 Å². The number of aromatic nitrogens is 1. The van der Waals surface area contributed by atoms with Crippen LogP contribution in [-0.2, 0) is 11.2 Å². The van der Waals surface area contributed by atoms with Crippen molar-refractivity contribution in [3.8, 4) is 0 Å². The Hall–Kier alpha value is -1.16. The summed E-state index contributed by atoms with van der Waals surface area (Å²) >= 11 is 5.42. The van der Waals surface area contributed by atoms with E-state index in [4.69, 9.17) is 11.6 Å². The van der Waals surface area contributed by atoms with Crippen molar-refractivity contribution in [2.45, 2.75) is 32.2 Å². The van der Waals surface area contributed by atoms with Crippen LogP contribution < -0.4 is 5.32 Å². The van der Waals surface area contributed by atoms with Gasteiger partial charge in [0.25, 0.3) is 0 Å². The van der Waals surface area contributed by atoms with Crippen molar-refractivity contribution in [1.29, 1.82) is 0 Å². The average molecular weight is 259 g/mol. The van der Waals surface area contributed by atoms with Gasteiger partial charge in [-0.15, -0.1) is 11.6 Å². The second-order valence-corrected chi connectivity index (χ2v) is 4.84. The first-order valence-corrected chi connectivity index (χ1v) is 5.93. The number of carbonyl (C=O) groups is 1. The van der Waals surface area contributed by atoms with E-state index in [1.165, 1.54) is 12.3 Å². The van der Waals surface area contributed by atoms with Gasteiger partial charge in [0.2, 0.25) is 5.91 Å². The van der Waals surface area contributed by atoms with Crippen LogP contribution in [0.2, 0.25) is 0 Å². The lowest BCUT2D eigenvalue weighted by Gasteiger charge is -2.25. The maximum Gasteiger partial charge on any atom is 0.235 e. The molecule has 0 aliphatic carbocycles. The Morgan fingerprint density at radius 2 is 2.24 bits per heavy atom. The molecule has 1 heterocycles. The summed E-state index contributed by atoms with van der Waals surface area (Å²) in [5.74, 6) is -0.593. The lowest BCUT2D eigenvalue weighted by Crippen LogP contribution is -2.44. The zero-order chi connectivity index (χ0) is 12.9. The molecule has 0 bridgehead atoms. The van der Waals surface area contributed by atoms with Gasteiger partial charge in [-0.3, -0.25) is 9.78 Å². The lowest BCUT2D eigenvalue weighted by atomic mass is 9.96. The molecule has 0 aliphatic rings. The predicted octanol–water partition coefficient (Wildman–Crippen LogP) is 2.29. The number of nitrogens with one attached hydrogen (secondary N) is 1. The van der Waals surface area contributed by atoms with E-state index in [0.717, 1.165) is 5.56 Å². The van der Waals surface area contributed by atoms with Gasteiger partial charge in [0.1, 0.15) is 11.7 Å². The maximum atomic E-state index is 12.9. The van der Waals surface area contributed by atoms with Gasteiger partial charge >= 0.3 is 0 Å². The fourth-order valence-electron chi connectivity index (χ4n) is 1.52. The number of hydrogen-bond acceptors (Lipinski definition) is 2. The van der Waals surface area contributed by atoms with Gasteiger partial charge in [0.05, 0.1) is 6.20 Å². The smallest absolute Gasteiger partial charge is 0.235 e. The average Bonchev–Trinajstić information content (AvgIpc) is 2.26. The van der Waals surface area contributed by atoms with Gasteiger partial charge in [-0.05, 0) is 38.3 Å². The Labute approximate surface area is 105 Å². The second kappa shape index (κ2) is 5.96. The molecule has 17 heavy (non-hydrogen) atoms. The highest BCUT2D eigenvalue weighted by Gasteiger charge is 2.19. The zero-order valence-corrected chi connectivity index (χ0v) is 10.7. The molecule has 94 valence electrons. The number of alkyl halides is 1. The Balaban J connectivity index is 2.52. The van der Waals surface area contributed by atoms with Gasteiger partial charge in [0.15, 0.2) is 0 Å². The fourth-order valence-corrected chi connectivity index (χ4v) is 1.59. The topological polar surface area (TPSA) is 42.0 Å². The van der Waals surface area contributed by atoms with Gasteiger partial charge in [-0.2, -0.15) is 0 Å². The molecule has 1 aromatic heterocycles. The van der Waals surface area contributed by atoms with Crippen molar-refractivity contribution in [2.75, 3.05) is 5.88 Å². The van der Waals surface area contributed by atoms with Gasteiger partial charge in [0, 0.05) is 11.7 Å². The van der Waals surface area contributed by atoms with E-state index in [-0.39, 0.29) is 23.1 Å². The van der Waals surface area contributed by atoms with Crippen LogP contribution in [0, 0.1) is 5.82 Å². The fraction of sp³-hybridized carbons (Fsp3) is 0.500. The molecule has 1 N–H and O–H groups in total. The van der Waals surface area contributed by atoms with Crippen molar-refractivity contribution in [2.24, 2.45) is 0 Å². The number of nitrogens with zero attached hydrogens (tertiary/aromatic N) is 1. The standard InChI is InChI=1S/C12H16ClFN2O/c1-12(2,16-11(17)6-13)4-3-9-5-10(14)8-15-7-9/h5,7-8H,3-4,6H2,1-2H3,(H,16,17). The monoisotopic (exact) mass is 258 g/mol. The van der Waals surface area contributed by atoms with Crippen molar-refractivity contribution in [3.05, 3.63) is 29.8 Å². The summed E-state index contributed by atoms with van der Waals surface area (Å²) in [5.41, 5.74) is 0.455. The second-order valence-electron chi connectivity index (χ2n) is 4.58. The summed E-state index contributed by atoms with van der Waals surface area (Å²) in [7, 11) is 0. The molecule has 0 fully saturated rings. The Morgan fingerprint density at radius 1 is 1.53 bits per heavy atom. The number of amides is 1. The van der Waals surface area contributed by atoms with E-state index < -0.39 is 0 Å². The van der Waals surface area contributed by atoms with Crippen molar-refractivity contribution < 1.29 is 9.18 Å². The Morgan fingerprint density at radius 3 is 2.82 bits per heavy atom. The minimum absolute atomic E-state index is 0.0506. The van der Waals surface area contributed by atoms with Crippen LogP contribution in [0.1, 0.15) is 25.8 Å². The van der Waals surface area contributed by atoms with Crippen LogP contribution in [0.25, 0.3) is 0 Å². The van der Waals surface area contributed by atoms with E-state index in [0.29, 0.717) is 12.8 Å². The van der Waals surface area contributed by atoms with Gasteiger partial charge in [-0.1, -0.05) is 0 Å². The molecule has 0 spiro atoms. The molecular formula is C12H16ClFN2O. The molecule has 3 nitrogen and oxygen atoms in total. The van der Waals surface area contributed by atoms with E-state index in [9.17, 15) is 9.18 Å². The van der Waals surface area contributed by atoms with Crippen LogP contribution in [0.3, 0.4) is 0 Å². The third-order valence-electron chi connectivity index (χ3n) is 2.40. The molecule has 5 heteroatoms. The molecule has 1 amide bonds. The van der Waals surface area contributed by atoms with Crippen LogP contribution in [0.5, 0.6) is 0 Å².